The van der Waals surface area contributed by atoms with Gasteiger partial charge in [0.1, 0.15) is 31.1 Å². The third-order valence-electron chi connectivity index (χ3n) is 9.23. The second kappa shape index (κ2) is 17.3. The van der Waals surface area contributed by atoms with E-state index in [9.17, 15) is 102 Å². The van der Waals surface area contributed by atoms with E-state index in [0.717, 1.165) is 36.4 Å². The molecular formula is C35H26N4O23S6. The lowest BCUT2D eigenvalue weighted by atomic mass is 10.1. The molecule has 33 heteroatoms. The number of amides is 4. The SMILES string of the molecule is O=C(Nc1ccc(C(=O)Nc2ccc(S(=O)(=O)O)c3cc(S(=O)(=O)O)cc(O)c23)c(S(=O)(=O)O)c1)Nc1ccc(C(=O)Nc2ccc(S(=O)(=O)O)c3cc(S(=O)(=O)O)cc(O)c23)c(S(=O)(=O)O)c1. The fourth-order valence-electron chi connectivity index (χ4n) is 6.45. The van der Waals surface area contributed by atoms with Gasteiger partial charge < -0.3 is 31.5 Å². The van der Waals surface area contributed by atoms with E-state index >= 15 is 0 Å². The molecule has 0 radical (unpaired) electrons. The van der Waals surface area contributed by atoms with Crippen molar-refractivity contribution >= 4 is 123 Å². The molecule has 0 aliphatic heterocycles. The first-order valence-electron chi connectivity index (χ1n) is 17.5. The first kappa shape index (κ1) is 50.5. The van der Waals surface area contributed by atoms with E-state index in [1.54, 1.807) is 0 Å². The van der Waals surface area contributed by atoms with Crippen molar-refractivity contribution in [2.75, 3.05) is 21.3 Å². The number of aromatic hydroxyl groups is 2. The number of hydrogen-bond donors (Lipinski definition) is 12. The maximum absolute atomic E-state index is 13.4. The van der Waals surface area contributed by atoms with Crippen molar-refractivity contribution in [1.82, 2.24) is 0 Å². The van der Waals surface area contributed by atoms with Crippen LogP contribution in [-0.4, -0.2) is 106 Å². The molecule has 6 rings (SSSR count). The molecule has 6 aromatic carbocycles. The van der Waals surface area contributed by atoms with Crippen LogP contribution in [0.4, 0.5) is 27.5 Å². The number of carbonyl (C=O) groups is 3. The van der Waals surface area contributed by atoms with E-state index in [4.69, 9.17) is 0 Å². The lowest BCUT2D eigenvalue weighted by Crippen LogP contribution is -2.22. The minimum atomic E-state index is -5.38. The number of carbonyl (C=O) groups excluding carboxylic acids is 3. The van der Waals surface area contributed by atoms with Gasteiger partial charge in [-0.1, -0.05) is 0 Å². The van der Waals surface area contributed by atoms with Crippen LogP contribution in [0.5, 0.6) is 11.5 Å². The van der Waals surface area contributed by atoms with Gasteiger partial charge in [0.25, 0.3) is 72.5 Å². The first-order chi connectivity index (χ1) is 31.0. The number of benzene rings is 6. The predicted molar refractivity (Wildman–Crippen MR) is 232 cm³/mol. The molecule has 4 amide bonds. The van der Waals surface area contributed by atoms with E-state index in [1.807, 2.05) is 0 Å². The number of fused-ring (bicyclic) bond motifs is 2. The number of nitrogens with one attached hydrogen (secondary N) is 4. The lowest BCUT2D eigenvalue weighted by molar-refractivity contribution is 0.101. The van der Waals surface area contributed by atoms with Crippen molar-refractivity contribution in [3.63, 3.8) is 0 Å². The molecule has 0 saturated carbocycles. The summed E-state index contributed by atoms with van der Waals surface area (Å²) in [6.07, 6.45) is 0. The van der Waals surface area contributed by atoms with Crippen molar-refractivity contribution in [3.8, 4) is 11.5 Å². The number of phenolic OH excluding ortho intramolecular Hbond substituents is 2. The number of anilines is 4. The molecule has 360 valence electrons. The summed E-state index contributed by atoms with van der Waals surface area (Å²) in [5.74, 6) is -4.94. The highest BCUT2D eigenvalue weighted by Crippen LogP contribution is 2.40. The molecule has 68 heavy (non-hydrogen) atoms. The number of hydrogen-bond acceptors (Lipinski definition) is 17. The van der Waals surface area contributed by atoms with Gasteiger partial charge in [-0.15, -0.1) is 0 Å². The molecule has 0 aliphatic carbocycles. The van der Waals surface area contributed by atoms with Gasteiger partial charge in [0.15, 0.2) is 0 Å². The van der Waals surface area contributed by atoms with E-state index in [2.05, 4.69) is 21.3 Å². The van der Waals surface area contributed by atoms with Crippen LogP contribution in [0, 0.1) is 0 Å². The first-order valence-corrected chi connectivity index (χ1v) is 26.1. The highest BCUT2D eigenvalue weighted by Gasteiger charge is 2.28. The Labute approximate surface area is 381 Å². The van der Waals surface area contributed by atoms with Crippen LogP contribution in [0.15, 0.2) is 114 Å². The third kappa shape index (κ3) is 10.6. The average molecular weight is 1060 g/mol. The average Bonchev–Trinajstić information content (AvgIpc) is 3.18. The van der Waals surface area contributed by atoms with Crippen molar-refractivity contribution in [1.29, 1.82) is 0 Å². The van der Waals surface area contributed by atoms with E-state index in [-0.39, 0.29) is 0 Å². The summed E-state index contributed by atoms with van der Waals surface area (Å²) in [5.41, 5.74) is -3.79. The van der Waals surface area contributed by atoms with E-state index in [1.165, 1.54) is 0 Å². The molecule has 0 aliphatic rings. The van der Waals surface area contributed by atoms with Gasteiger partial charge in [-0.2, -0.15) is 50.5 Å². The topological polar surface area (TPSA) is 466 Å². The van der Waals surface area contributed by atoms with Crippen molar-refractivity contribution in [2.24, 2.45) is 0 Å². The summed E-state index contributed by atoms with van der Waals surface area (Å²) in [4.78, 5) is 33.4. The number of rotatable bonds is 12. The smallest absolute Gasteiger partial charge is 0.323 e. The molecule has 0 bridgehead atoms. The standard InChI is InChI=1S/C35H26N4O23S6/c40-25-13-17(63(45,46)47)11-21-27(65(51,52)53)7-5-23(31(21)25)38-33(42)19-3-1-15(9-29(19)67(57,58)59)36-35(44)37-16-2-4-20(30(10-16)68(60,61)62)34(43)39-24-6-8-28(66(54,55)56)22-12-18(64(48,49)50)14-26(41)32(22)24/h1-14,40-41H,(H,38,42)(H,39,43)(H2,36,37,44)(H,45,46,47)(H,48,49,50)(H,51,52,53)(H,54,55,56)(H,57,58,59)(H,60,61,62). The number of phenols is 2. The summed E-state index contributed by atoms with van der Waals surface area (Å²) >= 11 is 0. The molecule has 0 unspecified atom stereocenters. The van der Waals surface area contributed by atoms with Crippen molar-refractivity contribution in [2.45, 2.75) is 29.4 Å². The van der Waals surface area contributed by atoms with Crippen LogP contribution in [0.3, 0.4) is 0 Å². The van der Waals surface area contributed by atoms with Gasteiger partial charge in [0.2, 0.25) is 0 Å². The van der Waals surface area contributed by atoms with Crippen LogP contribution in [-0.2, 0) is 60.7 Å². The maximum atomic E-state index is 13.4. The zero-order valence-corrected chi connectivity index (χ0v) is 37.6. The monoisotopic (exact) mass is 1060 g/mol. The largest absolute Gasteiger partial charge is 0.507 e. The van der Waals surface area contributed by atoms with Gasteiger partial charge in [-0.25, -0.2) is 4.79 Å². The quantitative estimate of drug-likeness (QED) is 0.0784. The van der Waals surface area contributed by atoms with Gasteiger partial charge in [0.05, 0.1) is 32.3 Å². The highest BCUT2D eigenvalue weighted by atomic mass is 32.2. The van der Waals surface area contributed by atoms with Crippen LogP contribution in [0.1, 0.15) is 20.7 Å². The number of urea groups is 1. The molecule has 6 aromatic rings. The van der Waals surface area contributed by atoms with Crippen molar-refractivity contribution in [3.05, 3.63) is 96.1 Å². The van der Waals surface area contributed by atoms with Crippen LogP contribution in [0.25, 0.3) is 21.5 Å². The molecule has 0 saturated heterocycles. The molecule has 12 N–H and O–H groups in total. The Hall–Kier alpha value is -6.89. The minimum Gasteiger partial charge on any atom is -0.507 e. The van der Waals surface area contributed by atoms with Crippen LogP contribution in [0.2, 0.25) is 0 Å². The zero-order chi connectivity index (χ0) is 50.9. The van der Waals surface area contributed by atoms with Gasteiger partial charge in [0, 0.05) is 45.1 Å². The van der Waals surface area contributed by atoms with E-state index in [0.29, 0.717) is 48.5 Å². The Morgan fingerprint density at radius 2 is 0.691 bits per heavy atom. The Balaban J connectivity index is 1.28. The summed E-state index contributed by atoms with van der Waals surface area (Å²) in [6.45, 7) is 0. The molecule has 0 heterocycles. The molecule has 0 fully saturated rings. The van der Waals surface area contributed by atoms with Crippen molar-refractivity contribution < 1.29 is 102 Å². The minimum absolute atomic E-state index is 0.453. The Kier molecular flexibility index (Phi) is 12.9. The fourth-order valence-corrected chi connectivity index (χ4v) is 10.3. The van der Waals surface area contributed by atoms with E-state index < -0.39 is 175 Å². The van der Waals surface area contributed by atoms with Gasteiger partial charge in [-0.3, -0.25) is 36.9 Å². The normalized spacial score (nSPS) is 12.7. The molecule has 0 aromatic heterocycles. The summed E-state index contributed by atoms with van der Waals surface area (Å²) in [5, 5.41) is 26.9. The lowest BCUT2D eigenvalue weighted by Gasteiger charge is -2.16. The Morgan fingerprint density at radius 1 is 0.368 bits per heavy atom. The molecule has 27 nitrogen and oxygen atoms in total. The molecule has 0 atom stereocenters. The highest BCUT2D eigenvalue weighted by molar-refractivity contribution is 7.87. The van der Waals surface area contributed by atoms with Crippen LogP contribution < -0.4 is 21.3 Å². The Morgan fingerprint density at radius 3 is 0.985 bits per heavy atom. The predicted octanol–water partition coefficient (Wildman–Crippen LogP) is 3.03. The zero-order valence-electron chi connectivity index (χ0n) is 32.7. The summed E-state index contributed by atoms with van der Waals surface area (Å²) < 4.78 is 203. The van der Waals surface area contributed by atoms with Crippen LogP contribution >= 0.6 is 0 Å². The maximum Gasteiger partial charge on any atom is 0.323 e. The fraction of sp³-hybridized carbons (Fsp3) is 0. The Bertz CT molecular complexity index is 3680. The summed E-state index contributed by atoms with van der Waals surface area (Å²) in [7, 11) is -31.3. The molecule has 0 spiro atoms. The second-order valence-electron chi connectivity index (χ2n) is 13.7. The summed E-state index contributed by atoms with van der Waals surface area (Å²) in [6, 6.07) is 7.87. The molecular weight excluding hydrogens is 1040 g/mol. The van der Waals surface area contributed by atoms with Gasteiger partial charge >= 0.3 is 6.03 Å². The third-order valence-corrected chi connectivity index (χ3v) is 14.5. The van der Waals surface area contributed by atoms with Gasteiger partial charge in [-0.05, 0) is 72.8 Å². The second-order valence-corrected chi connectivity index (χ2v) is 22.1.